The first-order valence-electron chi connectivity index (χ1n) is 4.24. The summed E-state index contributed by atoms with van der Waals surface area (Å²) in [5, 5.41) is 0. The van der Waals surface area contributed by atoms with Crippen LogP contribution in [-0.4, -0.2) is 22.8 Å². The van der Waals surface area contributed by atoms with Crippen molar-refractivity contribution in [1.82, 2.24) is 9.55 Å². The Morgan fingerprint density at radius 1 is 1.43 bits per heavy atom. The molecule has 1 aliphatic heterocycles. The minimum atomic E-state index is -0.883. The third-order valence-corrected chi connectivity index (χ3v) is 2.00. The van der Waals surface area contributed by atoms with Crippen LogP contribution in [0.15, 0.2) is 15.8 Å². The van der Waals surface area contributed by atoms with Gasteiger partial charge in [0, 0.05) is 11.8 Å². The molecule has 0 atom stereocenters. The predicted octanol–water partition coefficient (Wildman–Crippen LogP) is -0.652. The van der Waals surface area contributed by atoms with Gasteiger partial charge in [-0.25, -0.2) is 9.36 Å². The average Bonchev–Trinajstić information content (AvgIpc) is 2.65. The molecule has 1 aromatic heterocycles. The molecule has 14 heavy (non-hydrogen) atoms. The molecule has 0 aliphatic carbocycles. The van der Waals surface area contributed by atoms with E-state index < -0.39 is 12.1 Å². The fourth-order valence-corrected chi connectivity index (χ4v) is 1.27. The summed E-state index contributed by atoms with van der Waals surface area (Å²) in [4.78, 5) is 25.3. The van der Waals surface area contributed by atoms with Crippen LogP contribution >= 0.6 is 0 Å². The molecule has 0 aromatic carbocycles. The van der Waals surface area contributed by atoms with Crippen LogP contribution < -0.4 is 11.2 Å². The minimum Gasteiger partial charge on any atom is -0.332 e. The quantitative estimate of drug-likeness (QED) is 0.650. The van der Waals surface area contributed by atoms with Crippen LogP contribution in [0.4, 0.5) is 0 Å². The Hall–Kier alpha value is -1.40. The van der Waals surface area contributed by atoms with Crippen LogP contribution in [0.1, 0.15) is 12.0 Å². The van der Waals surface area contributed by atoms with Crippen LogP contribution in [0.5, 0.6) is 0 Å². The smallest absolute Gasteiger partial charge is 0.332 e. The first kappa shape index (κ1) is 9.17. The highest BCUT2D eigenvalue weighted by Crippen LogP contribution is 2.11. The van der Waals surface area contributed by atoms with Gasteiger partial charge in [-0.1, -0.05) is 0 Å². The molecule has 0 saturated carbocycles. The maximum absolute atomic E-state index is 11.6. The molecule has 2 heterocycles. The van der Waals surface area contributed by atoms with E-state index in [4.69, 9.17) is 9.47 Å². The van der Waals surface area contributed by atoms with E-state index in [1.54, 1.807) is 6.92 Å². The van der Waals surface area contributed by atoms with Crippen molar-refractivity contribution in [2.45, 2.75) is 13.3 Å². The van der Waals surface area contributed by atoms with Crippen molar-refractivity contribution in [2.24, 2.45) is 0 Å². The molecule has 0 radical (unpaired) electrons. The lowest BCUT2D eigenvalue weighted by molar-refractivity contribution is -0.106. The fraction of sp³-hybridized carbons (Fsp3) is 0.500. The lowest BCUT2D eigenvalue weighted by Crippen LogP contribution is -2.39. The van der Waals surface area contributed by atoms with Gasteiger partial charge in [-0.05, 0) is 6.92 Å². The zero-order valence-corrected chi connectivity index (χ0v) is 7.65. The number of aromatic nitrogens is 2. The summed E-state index contributed by atoms with van der Waals surface area (Å²) < 4.78 is 11.1. The summed E-state index contributed by atoms with van der Waals surface area (Å²) in [7, 11) is 0. The molecular formula is C8H10N2O4. The summed E-state index contributed by atoms with van der Waals surface area (Å²) in [6.45, 7) is 2.40. The number of nitrogens with zero attached hydrogens (tertiary/aromatic N) is 1. The summed E-state index contributed by atoms with van der Waals surface area (Å²) in [5.41, 5.74) is -0.461. The first-order valence-corrected chi connectivity index (χ1v) is 4.24. The maximum Gasteiger partial charge on any atom is 0.332 e. The Labute approximate surface area is 79.1 Å². The lowest BCUT2D eigenvalue weighted by atomic mass is 10.4. The number of H-pyrrole nitrogens is 1. The van der Waals surface area contributed by atoms with Crippen molar-refractivity contribution in [2.75, 3.05) is 13.2 Å². The Kier molecular flexibility index (Phi) is 2.22. The molecule has 0 spiro atoms. The third kappa shape index (κ3) is 1.38. The van der Waals surface area contributed by atoms with Gasteiger partial charge >= 0.3 is 5.69 Å². The zero-order chi connectivity index (χ0) is 10.1. The fourth-order valence-electron chi connectivity index (χ4n) is 1.27. The largest absolute Gasteiger partial charge is 0.332 e. The van der Waals surface area contributed by atoms with Gasteiger partial charge < -0.3 is 14.5 Å². The van der Waals surface area contributed by atoms with E-state index in [1.165, 1.54) is 6.20 Å². The first-order chi connectivity index (χ1) is 6.70. The molecule has 76 valence electrons. The van der Waals surface area contributed by atoms with Crippen molar-refractivity contribution in [1.29, 1.82) is 0 Å². The second-order valence-corrected chi connectivity index (χ2v) is 3.00. The van der Waals surface area contributed by atoms with Crippen molar-refractivity contribution in [3.63, 3.8) is 0 Å². The van der Waals surface area contributed by atoms with Gasteiger partial charge in [-0.15, -0.1) is 0 Å². The van der Waals surface area contributed by atoms with Gasteiger partial charge in [0.05, 0.1) is 13.2 Å². The molecule has 6 nitrogen and oxygen atoms in total. The third-order valence-electron chi connectivity index (χ3n) is 2.00. The highest BCUT2D eigenvalue weighted by molar-refractivity contribution is 5.01. The monoisotopic (exact) mass is 198 g/mol. The van der Waals surface area contributed by atoms with Gasteiger partial charge in [0.15, 0.2) is 0 Å². The molecule has 1 fully saturated rings. The van der Waals surface area contributed by atoms with Crippen molar-refractivity contribution in [3.05, 3.63) is 32.6 Å². The molecule has 0 bridgehead atoms. The number of ether oxygens (including phenoxy) is 2. The number of hydrogen-bond donors (Lipinski definition) is 1. The van der Waals surface area contributed by atoms with Crippen LogP contribution in [0, 0.1) is 6.92 Å². The molecular weight excluding hydrogens is 188 g/mol. The molecule has 1 N–H and O–H groups in total. The molecule has 0 unspecified atom stereocenters. The molecule has 1 saturated heterocycles. The predicted molar refractivity (Wildman–Crippen MR) is 47.0 cm³/mol. The van der Waals surface area contributed by atoms with E-state index in [1.807, 2.05) is 0 Å². The van der Waals surface area contributed by atoms with E-state index in [0.29, 0.717) is 18.8 Å². The van der Waals surface area contributed by atoms with Gasteiger partial charge in [0.2, 0.25) is 0 Å². The molecule has 1 aliphatic rings. The summed E-state index contributed by atoms with van der Waals surface area (Å²) in [6, 6.07) is 0. The van der Waals surface area contributed by atoms with Gasteiger partial charge in [0.1, 0.15) is 0 Å². The highest BCUT2D eigenvalue weighted by atomic mass is 16.7. The standard InChI is InChI=1S/C8H10N2O4/c1-5-4-9-7(12)10(6(5)11)8-13-2-3-14-8/h4,8H,2-3H2,1H3,(H,9,12). The van der Waals surface area contributed by atoms with Crippen LogP contribution in [0.3, 0.4) is 0 Å². The van der Waals surface area contributed by atoms with Crippen molar-refractivity contribution in [3.8, 4) is 0 Å². The van der Waals surface area contributed by atoms with Crippen LogP contribution in [0.25, 0.3) is 0 Å². The zero-order valence-electron chi connectivity index (χ0n) is 7.65. The van der Waals surface area contributed by atoms with E-state index in [0.717, 1.165) is 4.57 Å². The molecule has 0 amide bonds. The SMILES string of the molecule is Cc1c[nH]c(=O)n(C2OCCO2)c1=O. The molecule has 2 rings (SSSR count). The van der Waals surface area contributed by atoms with Crippen LogP contribution in [0.2, 0.25) is 0 Å². The number of nitrogens with one attached hydrogen (secondary N) is 1. The van der Waals surface area contributed by atoms with Crippen molar-refractivity contribution >= 4 is 0 Å². The van der Waals surface area contributed by atoms with E-state index in [2.05, 4.69) is 4.98 Å². The minimum absolute atomic E-state index is 0.388. The molecule has 1 aromatic rings. The maximum atomic E-state index is 11.6. The highest BCUT2D eigenvalue weighted by Gasteiger charge is 2.21. The van der Waals surface area contributed by atoms with E-state index in [9.17, 15) is 9.59 Å². The second-order valence-electron chi connectivity index (χ2n) is 3.00. The topological polar surface area (TPSA) is 73.3 Å². The Morgan fingerprint density at radius 2 is 2.07 bits per heavy atom. The van der Waals surface area contributed by atoms with Crippen molar-refractivity contribution < 1.29 is 9.47 Å². The Balaban J connectivity index is 2.55. The Bertz CT molecular complexity index is 441. The number of aryl methyl sites for hydroxylation is 1. The van der Waals surface area contributed by atoms with Gasteiger partial charge in [-0.2, -0.15) is 0 Å². The van der Waals surface area contributed by atoms with E-state index in [-0.39, 0.29) is 5.56 Å². The average molecular weight is 198 g/mol. The summed E-state index contributed by atoms with van der Waals surface area (Å²) in [6.07, 6.45) is 0.488. The number of hydrogen-bond acceptors (Lipinski definition) is 4. The Morgan fingerprint density at radius 3 is 2.71 bits per heavy atom. The normalized spacial score (nSPS) is 17.5. The van der Waals surface area contributed by atoms with Gasteiger partial charge in [0.25, 0.3) is 12.0 Å². The van der Waals surface area contributed by atoms with E-state index >= 15 is 0 Å². The van der Waals surface area contributed by atoms with Gasteiger partial charge in [-0.3, -0.25) is 4.79 Å². The van der Waals surface area contributed by atoms with Crippen LogP contribution in [-0.2, 0) is 9.47 Å². The second kappa shape index (κ2) is 3.39. The number of aromatic amines is 1. The summed E-state index contributed by atoms with van der Waals surface area (Å²) >= 11 is 0. The number of rotatable bonds is 1. The lowest BCUT2D eigenvalue weighted by Gasteiger charge is -2.10. The molecule has 6 heteroatoms. The summed E-state index contributed by atoms with van der Waals surface area (Å²) in [5.74, 6) is 0.